The zero-order chi connectivity index (χ0) is 71.1. The molecule has 0 saturated carbocycles. The number of hydrogen-bond donors (Lipinski definition) is 10. The molecule has 2 saturated heterocycles. The van der Waals surface area contributed by atoms with Crippen molar-refractivity contribution in [3.8, 4) is 5.75 Å². The van der Waals surface area contributed by atoms with E-state index in [1.54, 1.807) is 45.7 Å². The van der Waals surface area contributed by atoms with E-state index in [1.165, 1.54) is 24.4 Å². The monoisotopic (exact) mass is 1360 g/mol. The smallest absolute Gasteiger partial charge is 0.407 e. The maximum atomic E-state index is 15.0. The van der Waals surface area contributed by atoms with Gasteiger partial charge in [0.15, 0.2) is 18.2 Å². The molecule has 1 aromatic heterocycles. The predicted octanol–water partition coefficient (Wildman–Crippen LogP) is 3.34. The number of rotatable bonds is 31. The van der Waals surface area contributed by atoms with Gasteiger partial charge >= 0.3 is 24.0 Å². The summed E-state index contributed by atoms with van der Waals surface area (Å²) in [5.41, 5.74) is 0.446. The third kappa shape index (κ3) is 20.8. The SMILES string of the molecule is CC[C@H](C)[C@H](NC(=O)[C@H]1CCCC[N+]1(C)Cc1ccc(O[C@@H]2O[C@H](C(=O)O)[C@@H](O)[C@H](O)[C@H]2O)c(NC(=O)CCNC(=O)C(CNC(=O)OC(C)(C)C)N2C(=O)C=CC2=O)c1)C(=O)N(C)[C@H](C[C@@H](OC(C)=O)c1nc(C(=O)N[C@@H](Cc2ccccc2)C[C@H](C)C(=O)O)cs1)C(C)C. The number of carboxylic acid groups (broad SMARTS) is 2. The zero-order valence-electron chi connectivity index (χ0n) is 56.0. The van der Waals surface area contributed by atoms with Crippen LogP contribution in [0.2, 0.25) is 0 Å². The molecule has 30 heteroatoms. The molecule has 2 aromatic carbocycles. The molecule has 96 heavy (non-hydrogen) atoms. The van der Waals surface area contributed by atoms with Gasteiger partial charge in [-0.3, -0.25) is 48.1 Å². The number of imide groups is 1. The number of carbonyl (C=O) groups is 11. The maximum Gasteiger partial charge on any atom is 0.407 e. The van der Waals surface area contributed by atoms with Gasteiger partial charge in [-0.25, -0.2) is 14.6 Å². The first-order chi connectivity index (χ1) is 45.1. The minimum Gasteiger partial charge on any atom is -0.481 e. The van der Waals surface area contributed by atoms with Crippen LogP contribution < -0.4 is 31.3 Å². The van der Waals surface area contributed by atoms with Gasteiger partial charge in [-0.15, -0.1) is 11.3 Å². The van der Waals surface area contributed by atoms with E-state index in [1.807, 2.05) is 65.1 Å². The number of benzene rings is 2. The molecule has 2 fully saturated rings. The molecule has 6 rings (SSSR count). The largest absolute Gasteiger partial charge is 0.481 e. The van der Waals surface area contributed by atoms with E-state index in [4.69, 9.17) is 18.9 Å². The Morgan fingerprint density at radius 3 is 2.17 bits per heavy atom. The van der Waals surface area contributed by atoms with Crippen molar-refractivity contribution in [2.75, 3.05) is 39.0 Å². The third-order valence-electron chi connectivity index (χ3n) is 17.2. The topological polar surface area (TPSA) is 405 Å². The van der Waals surface area contributed by atoms with Gasteiger partial charge in [-0.05, 0) is 82.1 Å². The number of aromatic nitrogens is 1. The lowest BCUT2D eigenvalue weighted by atomic mass is 9.92. The summed E-state index contributed by atoms with van der Waals surface area (Å²) < 4.78 is 22.5. The maximum absolute atomic E-state index is 15.0. The number of likely N-dealkylation sites (N-methyl/N-ethyl adjacent to an activating group) is 2. The molecule has 3 aliphatic rings. The number of esters is 1. The van der Waals surface area contributed by atoms with Crippen molar-refractivity contribution in [3.05, 3.63) is 87.9 Å². The Labute approximate surface area is 561 Å². The average molecular weight is 1360 g/mol. The highest BCUT2D eigenvalue weighted by molar-refractivity contribution is 7.09. The van der Waals surface area contributed by atoms with Crippen LogP contribution in [0.5, 0.6) is 5.75 Å². The van der Waals surface area contributed by atoms with Gasteiger partial charge in [-0.2, -0.15) is 0 Å². The van der Waals surface area contributed by atoms with E-state index in [-0.39, 0.29) is 59.4 Å². The number of hydrogen-bond acceptors (Lipinski definition) is 20. The molecule has 14 atom stereocenters. The van der Waals surface area contributed by atoms with Crippen molar-refractivity contribution in [3.63, 3.8) is 0 Å². The Kier molecular flexibility index (Phi) is 27.1. The Balaban J connectivity index is 1.21. The van der Waals surface area contributed by atoms with Crippen LogP contribution in [0, 0.1) is 17.8 Å². The van der Waals surface area contributed by atoms with Gasteiger partial charge < -0.3 is 80.4 Å². The predicted molar refractivity (Wildman–Crippen MR) is 346 cm³/mol. The van der Waals surface area contributed by atoms with Crippen LogP contribution in [0.1, 0.15) is 140 Å². The quantitative estimate of drug-likeness (QED) is 0.0251. The van der Waals surface area contributed by atoms with Gasteiger partial charge in [0.25, 0.3) is 23.6 Å². The number of carboxylic acids is 2. The molecule has 0 spiro atoms. The third-order valence-corrected chi connectivity index (χ3v) is 18.2. The average Bonchev–Trinajstić information content (AvgIpc) is 1.31. The van der Waals surface area contributed by atoms with Crippen molar-refractivity contribution >= 4 is 82.4 Å². The summed E-state index contributed by atoms with van der Waals surface area (Å²) in [7, 11) is 3.50. The number of nitrogens with zero attached hydrogens (tertiary/aromatic N) is 4. The number of nitrogens with one attached hydrogen (secondary N) is 5. The first kappa shape index (κ1) is 76.6. The second-order valence-electron chi connectivity index (χ2n) is 26.3. The van der Waals surface area contributed by atoms with E-state index in [9.17, 15) is 73.5 Å². The number of amides is 8. The number of piperidine rings is 1. The second-order valence-corrected chi connectivity index (χ2v) is 27.2. The summed E-state index contributed by atoms with van der Waals surface area (Å²) >= 11 is 1.09. The highest BCUT2D eigenvalue weighted by Crippen LogP contribution is 2.36. The van der Waals surface area contributed by atoms with E-state index in [0.29, 0.717) is 54.1 Å². The van der Waals surface area contributed by atoms with Gasteiger partial charge in [0.1, 0.15) is 59.0 Å². The molecule has 4 heterocycles. The first-order valence-electron chi connectivity index (χ1n) is 32.0. The van der Waals surface area contributed by atoms with Gasteiger partial charge in [-0.1, -0.05) is 71.4 Å². The van der Waals surface area contributed by atoms with Crippen LogP contribution in [-0.4, -0.2) is 210 Å². The van der Waals surface area contributed by atoms with Crippen molar-refractivity contribution in [2.24, 2.45) is 17.8 Å². The molecule has 10 N–H and O–H groups in total. The number of aliphatic hydroxyl groups is 3. The minimum absolute atomic E-state index is 0.0312. The van der Waals surface area contributed by atoms with Gasteiger partial charge in [0, 0.05) is 75.0 Å². The molecule has 3 aliphatic heterocycles. The Morgan fingerprint density at radius 1 is 0.875 bits per heavy atom. The summed E-state index contributed by atoms with van der Waals surface area (Å²) in [6.07, 6.45) is -7.71. The van der Waals surface area contributed by atoms with Crippen molar-refractivity contribution in [2.45, 2.75) is 193 Å². The number of alkyl carbamates (subject to hydrolysis) is 1. The zero-order valence-corrected chi connectivity index (χ0v) is 56.8. The number of quaternary nitrogens is 1. The number of aliphatic hydroxyl groups excluding tert-OH is 3. The molecule has 0 radical (unpaired) electrons. The summed E-state index contributed by atoms with van der Waals surface area (Å²) in [6, 6.07) is 9.30. The lowest BCUT2D eigenvalue weighted by molar-refractivity contribution is -0.942. The van der Waals surface area contributed by atoms with Crippen molar-refractivity contribution in [1.29, 1.82) is 0 Å². The highest BCUT2D eigenvalue weighted by Gasteiger charge is 2.49. The molecule has 2 unspecified atom stereocenters. The van der Waals surface area contributed by atoms with Crippen LogP contribution in [-0.2, 0) is 70.3 Å². The molecular formula is C66H92N9O20S+. The fourth-order valence-electron chi connectivity index (χ4n) is 11.8. The second kappa shape index (κ2) is 34.0. The number of carbonyl (C=O) groups excluding carboxylic acids is 9. The number of aliphatic carboxylic acids is 2. The number of anilines is 1. The van der Waals surface area contributed by atoms with Crippen LogP contribution in [0.15, 0.2) is 66.1 Å². The Hall–Kier alpha value is -8.42. The Bertz CT molecular complexity index is 3310. The van der Waals surface area contributed by atoms with Gasteiger partial charge in [0.2, 0.25) is 24.0 Å². The van der Waals surface area contributed by atoms with Crippen LogP contribution in [0.25, 0.3) is 0 Å². The minimum atomic E-state index is -2.05. The molecule has 3 aromatic rings. The number of thiazole rings is 1. The van der Waals surface area contributed by atoms with Gasteiger partial charge in [0.05, 0.1) is 31.7 Å². The molecule has 29 nitrogen and oxygen atoms in total. The number of ether oxygens (including phenoxy) is 4. The summed E-state index contributed by atoms with van der Waals surface area (Å²) in [5.74, 6) is -9.60. The molecule has 0 aliphatic carbocycles. The fraction of sp³-hybridized carbons (Fsp3) is 0.576. The normalized spacial score (nSPS) is 22.5. The standard InChI is InChI=1S/C66H91N9O20S/c1-12-36(4)52(61(86)73(10)44(35(2)3)31-48(92-38(6)76)60-71-43(34-96-60)57(83)69-41(28-37(5)62(87)88)29-39-18-14-13-15-19-39)72-59(85)46-20-16-17-27-75(46,11)33-40-21-22-47(93-64-55(82)53(80)54(81)56(94-64)63(89)90)42(30-40)70-49(77)25-26-67-58(84)45(74-50(78)23-24-51(74)79)32-68-65(91)95-66(7,8)9/h13-15,18-19,21-24,30,34-37,41,44-46,48,52-56,64,80-82H,12,16-17,20,25-29,31-33H2,1-11H3,(H6-,67,68,69,70,72,77,83,84,85,87,88,89,90,91)/p+1/t36-,37-,41+,44+,45?,46+,48+,52-,53-,54-,55+,56-,64+,75?/m0/s1. The van der Waals surface area contributed by atoms with E-state index < -0.39 is 157 Å². The summed E-state index contributed by atoms with van der Waals surface area (Å²) in [5, 5.41) is 66.9. The summed E-state index contributed by atoms with van der Waals surface area (Å²) in [6.45, 7) is 14.9. The van der Waals surface area contributed by atoms with E-state index in [2.05, 4.69) is 31.6 Å². The molecule has 526 valence electrons. The van der Waals surface area contributed by atoms with E-state index in [0.717, 1.165) is 29.1 Å². The number of likely N-dealkylation sites (tertiary alicyclic amines) is 1. The van der Waals surface area contributed by atoms with Crippen LogP contribution in [0.4, 0.5) is 10.5 Å². The van der Waals surface area contributed by atoms with E-state index >= 15 is 4.79 Å². The highest BCUT2D eigenvalue weighted by atomic mass is 32.1. The Morgan fingerprint density at radius 2 is 1.55 bits per heavy atom. The van der Waals surface area contributed by atoms with Crippen LogP contribution in [0.3, 0.4) is 0 Å². The first-order valence-corrected chi connectivity index (χ1v) is 32.9. The lowest BCUT2D eigenvalue weighted by Crippen LogP contribution is -2.63. The molecular weight excluding hydrogens is 1270 g/mol. The lowest BCUT2D eigenvalue weighted by Gasteiger charge is -2.44. The molecule has 0 bridgehead atoms. The fourth-order valence-corrected chi connectivity index (χ4v) is 12.7. The van der Waals surface area contributed by atoms with Crippen LogP contribution >= 0.6 is 11.3 Å². The van der Waals surface area contributed by atoms with Crippen molar-refractivity contribution in [1.82, 2.24) is 36.1 Å². The molecule has 8 amide bonds. The van der Waals surface area contributed by atoms with Crippen molar-refractivity contribution < 1.29 is 102 Å². The summed E-state index contributed by atoms with van der Waals surface area (Å²) in [4.78, 5) is 153.